The zero-order valence-corrected chi connectivity index (χ0v) is 56.9. The number of nitrogens with one attached hydrogen (secondary N) is 2. The Morgan fingerprint density at radius 3 is 1.41 bits per heavy atom. The Bertz CT molecular complexity index is 3420. The van der Waals surface area contributed by atoms with E-state index in [0.29, 0.717) is 88.1 Å². The maximum Gasteiger partial charge on any atom is 0.408 e. The molecule has 4 bridgehead atoms. The number of carbonyl (C=O) groups excluding carboxylic acids is 6. The largest absolute Gasteiger partial charge is 0.540 e. The molecule has 6 saturated carbocycles. The normalized spacial score (nSPS) is 35.7. The van der Waals surface area contributed by atoms with Gasteiger partial charge < -0.3 is 58.4 Å². The van der Waals surface area contributed by atoms with Crippen molar-refractivity contribution in [3.8, 4) is 23.3 Å². The zero-order chi connectivity index (χ0) is 62.5. The summed E-state index contributed by atoms with van der Waals surface area (Å²) in [6.07, 6.45) is 15.1. The van der Waals surface area contributed by atoms with Gasteiger partial charge in [0, 0.05) is 61.1 Å². The molecule has 2 saturated heterocycles. The van der Waals surface area contributed by atoms with Crippen LogP contribution in [0.1, 0.15) is 162 Å². The van der Waals surface area contributed by atoms with Crippen LogP contribution in [0.4, 0.5) is 9.59 Å². The van der Waals surface area contributed by atoms with Gasteiger partial charge in [-0.1, -0.05) is 86.7 Å². The Hall–Kier alpha value is -5.69. The zero-order valence-electron chi connectivity index (χ0n) is 54.1. The molecule has 8 fully saturated rings. The fraction of sp³-hybridized carbons (Fsp3) is 0.681. The number of rotatable bonds is 5. The number of hydrogen-bond acceptors (Lipinski definition) is 16. The average Bonchev–Trinajstić information content (AvgIpc) is 1.65. The molecule has 4 aromatic rings. The van der Waals surface area contributed by atoms with Crippen LogP contribution in [0.2, 0.25) is 0 Å². The number of fused-ring (bicyclic) bond motifs is 18. The molecule has 91 heavy (non-hydrogen) atoms. The van der Waals surface area contributed by atoms with Crippen molar-refractivity contribution < 1.29 is 94.3 Å². The van der Waals surface area contributed by atoms with Crippen molar-refractivity contribution in [3.05, 3.63) is 47.8 Å². The molecule has 6 heterocycles. The fourth-order valence-electron chi connectivity index (χ4n) is 16.6. The topological polar surface area (TPSA) is 240 Å². The monoisotopic (exact) mass is 1320 g/mol. The number of carbonyl (C=O) groups is 4. The minimum atomic E-state index is -0.888. The number of hydrogen-bond donors (Lipinski definition) is 2. The van der Waals surface area contributed by atoms with Crippen molar-refractivity contribution in [2.24, 2.45) is 70.0 Å². The van der Waals surface area contributed by atoms with Crippen LogP contribution >= 0.6 is 0 Å². The van der Waals surface area contributed by atoms with E-state index in [9.17, 15) is 28.8 Å². The number of alkyl carbamates (subject to hydrolysis) is 2. The summed E-state index contributed by atoms with van der Waals surface area (Å²) in [5.41, 5.74) is 3.37. The minimum absolute atomic E-state index is 0. The van der Waals surface area contributed by atoms with E-state index in [4.69, 9.17) is 48.4 Å². The second-order valence-electron chi connectivity index (χ2n) is 29.8. The SMILES string of the molecule is CC[C@@H]1[C@@H]2CN(C(=O)[C@H](C(C)(C)C)NC(=O)O[C@@H]3CC4CC4[C@H]3CCCC3CC3c3nc4ccc(OC)cc4nc3O2)[C@@H]1[C-]=O.COc1ccc2nc3c(nc2c1)O[C@H]1CN(C(=O)[C@H](C(C)(C)C)NC(=O)O[C@@H]2CC4CC4[C@H]2CCCC2CC32)[C@H]([C-]=O)[C@@H]1C.[V].[V]. The van der Waals surface area contributed by atoms with Crippen molar-refractivity contribution in [1.82, 2.24) is 40.4 Å². The number of methoxy groups -OCH3 is 2. The molecule has 2 radical (unpaired) electrons. The van der Waals surface area contributed by atoms with Gasteiger partial charge in [0.05, 0.1) is 49.4 Å². The molecule has 2 aromatic heterocycles. The maximum absolute atomic E-state index is 14.2. The molecule has 10 aliphatic rings. The summed E-state index contributed by atoms with van der Waals surface area (Å²) in [6, 6.07) is 7.92. The molecular weight excluding hydrogens is 1230 g/mol. The average molecular weight is 1320 g/mol. The Morgan fingerprint density at radius 1 is 0.538 bits per heavy atom. The Balaban J connectivity index is 0.000000183. The quantitative estimate of drug-likeness (QED) is 0.177. The second-order valence-corrected chi connectivity index (χ2v) is 29.8. The summed E-state index contributed by atoms with van der Waals surface area (Å²) in [5.74, 6) is 5.68. The fourth-order valence-corrected chi connectivity index (χ4v) is 16.6. The number of aromatic nitrogens is 4. The van der Waals surface area contributed by atoms with Crippen molar-refractivity contribution in [2.45, 2.75) is 199 Å². The summed E-state index contributed by atoms with van der Waals surface area (Å²) in [4.78, 5) is 103. The van der Waals surface area contributed by atoms with Crippen LogP contribution < -0.4 is 29.6 Å². The van der Waals surface area contributed by atoms with Crippen LogP contribution in [-0.2, 0) is 65.8 Å². The van der Waals surface area contributed by atoms with Crippen molar-refractivity contribution in [1.29, 1.82) is 0 Å². The predicted molar refractivity (Wildman–Crippen MR) is 328 cm³/mol. The Labute approximate surface area is 557 Å². The predicted octanol–water partition coefficient (Wildman–Crippen LogP) is 9.98. The van der Waals surface area contributed by atoms with Crippen LogP contribution in [0, 0.1) is 70.0 Å². The van der Waals surface area contributed by atoms with E-state index < -0.39 is 59.4 Å². The smallest absolute Gasteiger partial charge is 0.408 e. The molecule has 0 spiro atoms. The molecule has 488 valence electrons. The van der Waals surface area contributed by atoms with Crippen LogP contribution in [-0.4, -0.2) is 142 Å². The van der Waals surface area contributed by atoms with E-state index in [0.717, 1.165) is 86.6 Å². The molecule has 20 nitrogen and oxygen atoms in total. The van der Waals surface area contributed by atoms with Crippen molar-refractivity contribution >= 4 is 58.6 Å². The van der Waals surface area contributed by atoms with Gasteiger partial charge in [0.15, 0.2) is 0 Å². The first kappa shape index (κ1) is 66.8. The first-order chi connectivity index (χ1) is 42.6. The van der Waals surface area contributed by atoms with E-state index in [1.165, 1.54) is 22.6 Å². The molecule has 4 amide bonds. The standard InChI is InChI=1S/C35H45N4O6.C34H43N4O6.2V/c1-6-21-27(17-40)39-16-29(21)44-32-30(36-25-11-10-20(43-5)15-26(25)37-32)24-12-18(24)8-7-9-22-23-13-19(23)14-28(22)45-34(42)38-31(33(39)41)35(2,3)4;1-17-26(16-39)38-15-28(17)43-31-29(35-24-10-9-20(42-5)14-25(24)36-31)23-11-18(23)7-6-8-21-22-12-19(22)13-27(21)44-33(41)37-30(32(38)40)34(2,3)4;;/h10-11,15,18-19,21-24,27-29,31H,6-9,12-14,16H2,1-5H3,(H,38,42);9-10,14,17-19,21-23,26-28,30H,6-8,11-13,15H2,1-5H3,(H,37,41);;/q2*-1;;/t18?,19?,21-,22+,23?,24?,27+,28+,29-,31+;17-,18?,19?,21+,22?,23?,26+,27+,28-,30+;;/m00../s1. The number of benzene rings is 2. The summed E-state index contributed by atoms with van der Waals surface area (Å²) in [6.45, 7) is 15.7. The minimum Gasteiger partial charge on any atom is -0.540 e. The van der Waals surface area contributed by atoms with Gasteiger partial charge in [0.25, 0.3) is 0 Å². The molecule has 2 aromatic carbocycles. The van der Waals surface area contributed by atoms with Gasteiger partial charge in [0.1, 0.15) is 59.4 Å². The van der Waals surface area contributed by atoms with E-state index in [1.807, 2.05) is 91.8 Å². The maximum atomic E-state index is 14.2. The summed E-state index contributed by atoms with van der Waals surface area (Å²) in [5, 5.41) is 5.82. The molecule has 14 rings (SSSR count). The molecule has 6 aliphatic carbocycles. The van der Waals surface area contributed by atoms with Crippen LogP contribution in [0.15, 0.2) is 36.4 Å². The van der Waals surface area contributed by atoms with Crippen LogP contribution in [0.3, 0.4) is 0 Å². The van der Waals surface area contributed by atoms with E-state index in [2.05, 4.69) is 23.2 Å². The third-order valence-corrected chi connectivity index (χ3v) is 22.0. The molecule has 20 atom stereocenters. The summed E-state index contributed by atoms with van der Waals surface area (Å²) in [7, 11) is 3.24. The van der Waals surface area contributed by atoms with Gasteiger partial charge in [-0.25, -0.2) is 42.1 Å². The van der Waals surface area contributed by atoms with E-state index in [-0.39, 0.29) is 97.9 Å². The van der Waals surface area contributed by atoms with Gasteiger partial charge >= 0.3 is 12.2 Å². The van der Waals surface area contributed by atoms with Gasteiger partial charge in [-0.3, -0.25) is 9.59 Å². The van der Waals surface area contributed by atoms with E-state index >= 15 is 0 Å². The van der Waals surface area contributed by atoms with Crippen molar-refractivity contribution in [3.63, 3.8) is 0 Å². The van der Waals surface area contributed by atoms with Gasteiger partial charge in [0.2, 0.25) is 23.6 Å². The van der Waals surface area contributed by atoms with Gasteiger partial charge in [-0.05, 0) is 158 Å². The third-order valence-electron chi connectivity index (χ3n) is 22.0. The van der Waals surface area contributed by atoms with Gasteiger partial charge in [-0.15, -0.1) is 0 Å². The first-order valence-electron chi connectivity index (χ1n) is 33.0. The molecular formula is C69H88N8O12V2-2. The van der Waals surface area contributed by atoms with Crippen LogP contribution in [0.5, 0.6) is 23.3 Å². The molecule has 8 unspecified atom stereocenters. The number of nitrogens with zero attached hydrogens (tertiary/aromatic N) is 6. The number of ether oxygens (including phenoxy) is 6. The van der Waals surface area contributed by atoms with E-state index in [1.54, 1.807) is 14.2 Å². The van der Waals surface area contributed by atoms with Crippen molar-refractivity contribution in [2.75, 3.05) is 27.3 Å². The number of amides is 4. The second kappa shape index (κ2) is 26.2. The Kier molecular flexibility index (Phi) is 19.3. The van der Waals surface area contributed by atoms with Crippen LogP contribution in [0.25, 0.3) is 22.1 Å². The third kappa shape index (κ3) is 13.4. The summed E-state index contributed by atoms with van der Waals surface area (Å²) < 4.78 is 36.3. The Morgan fingerprint density at radius 2 is 0.978 bits per heavy atom. The summed E-state index contributed by atoms with van der Waals surface area (Å²) >= 11 is 0. The molecule has 4 aliphatic heterocycles. The molecule has 22 heteroatoms. The van der Waals surface area contributed by atoms with Gasteiger partial charge in [-0.2, -0.15) is 0 Å². The molecule has 2 N–H and O–H groups in total. The first-order valence-corrected chi connectivity index (χ1v) is 33.0.